The maximum atomic E-state index is 13.1. The number of alkyl halides is 1. The Bertz CT molecular complexity index is 740. The number of hydrogen-bond donors (Lipinski definition) is 2. The van der Waals surface area contributed by atoms with Crippen molar-refractivity contribution in [2.24, 2.45) is 10.7 Å². The van der Waals surface area contributed by atoms with Gasteiger partial charge in [-0.1, -0.05) is 49.8 Å². The second-order valence-electron chi connectivity index (χ2n) is 7.39. The summed E-state index contributed by atoms with van der Waals surface area (Å²) in [5.74, 6) is 0.363. The predicted octanol–water partition coefficient (Wildman–Crippen LogP) is 5.29. The molecule has 0 bridgehead atoms. The quantitative estimate of drug-likeness (QED) is 0.458. The van der Waals surface area contributed by atoms with Crippen LogP contribution in [0.3, 0.4) is 0 Å². The molecule has 1 rings (SSSR count). The van der Waals surface area contributed by atoms with E-state index in [9.17, 15) is 4.39 Å². The number of hydrogen-bond acceptors (Lipinski definition) is 3. The molecule has 1 aromatic carbocycles. The molecule has 4 heteroatoms. The minimum Gasteiger partial charge on any atom is -0.398 e. The van der Waals surface area contributed by atoms with Gasteiger partial charge in [0.2, 0.25) is 0 Å². The fourth-order valence-electron chi connectivity index (χ4n) is 2.82. The molecule has 0 saturated heterocycles. The molecular formula is C23H34FN3. The van der Waals surface area contributed by atoms with Crippen molar-refractivity contribution < 1.29 is 4.39 Å². The van der Waals surface area contributed by atoms with Crippen LogP contribution in [0.4, 0.5) is 4.39 Å². The number of nitrogens with zero attached hydrogens (tertiary/aromatic N) is 1. The molecule has 3 N–H and O–H groups in total. The summed E-state index contributed by atoms with van der Waals surface area (Å²) in [6.07, 6.45) is 3.30. The molecule has 1 unspecified atom stereocenters. The molecule has 0 aliphatic carbocycles. The Hall–Kier alpha value is -2.36. The van der Waals surface area contributed by atoms with E-state index in [0.29, 0.717) is 12.3 Å². The highest BCUT2D eigenvalue weighted by atomic mass is 19.1. The predicted molar refractivity (Wildman–Crippen MR) is 117 cm³/mol. The summed E-state index contributed by atoms with van der Waals surface area (Å²) in [5, 5.41) is 3.02. The highest BCUT2D eigenvalue weighted by molar-refractivity contribution is 5.91. The van der Waals surface area contributed by atoms with E-state index in [-0.39, 0.29) is 6.54 Å². The zero-order chi connectivity index (χ0) is 20.6. The van der Waals surface area contributed by atoms with E-state index >= 15 is 0 Å². The van der Waals surface area contributed by atoms with Crippen LogP contribution in [0.25, 0.3) is 5.70 Å². The Kier molecular flexibility index (Phi) is 8.99. The largest absolute Gasteiger partial charge is 0.398 e. The van der Waals surface area contributed by atoms with Crippen molar-refractivity contribution >= 4 is 11.9 Å². The fraction of sp³-hybridized carbons (Fsp3) is 0.435. The summed E-state index contributed by atoms with van der Waals surface area (Å²) in [7, 11) is 1.74. The molecular weight excluding hydrogens is 337 g/mol. The van der Waals surface area contributed by atoms with Crippen LogP contribution in [0.5, 0.6) is 0 Å². The van der Waals surface area contributed by atoms with Gasteiger partial charge in [-0.3, -0.25) is 4.99 Å². The third-order valence-corrected chi connectivity index (χ3v) is 4.35. The number of halogens is 1. The van der Waals surface area contributed by atoms with Gasteiger partial charge in [0.15, 0.2) is 0 Å². The van der Waals surface area contributed by atoms with Crippen LogP contribution in [-0.2, 0) is 0 Å². The Labute approximate surface area is 164 Å². The zero-order valence-corrected chi connectivity index (χ0v) is 17.6. The van der Waals surface area contributed by atoms with Crippen molar-refractivity contribution in [1.82, 2.24) is 5.32 Å². The average molecular weight is 372 g/mol. The second-order valence-corrected chi connectivity index (χ2v) is 7.39. The first kappa shape index (κ1) is 22.7. The van der Waals surface area contributed by atoms with Gasteiger partial charge in [-0.05, 0) is 43.4 Å². The third kappa shape index (κ3) is 7.05. The lowest BCUT2D eigenvalue weighted by atomic mass is 9.90. The summed E-state index contributed by atoms with van der Waals surface area (Å²) < 4.78 is 13.1. The first-order valence-electron chi connectivity index (χ1n) is 9.41. The molecule has 0 amide bonds. The molecule has 0 saturated carbocycles. The standard InChI is InChI=1S/C23H34FN3/c1-15(2)19(14-27-12-18(6)24)11-20(13-26-7)23(25)21-9-8-17(5)10-22(21)16(3)4/h8-10,13-14,16,18,27H,1,11-12,25H2,2-7H3/b19-14-,23-20?,26-13?. The van der Waals surface area contributed by atoms with Crippen LogP contribution >= 0.6 is 0 Å². The Morgan fingerprint density at radius 2 is 2.00 bits per heavy atom. The van der Waals surface area contributed by atoms with Gasteiger partial charge in [-0.25, -0.2) is 4.39 Å². The van der Waals surface area contributed by atoms with Crippen molar-refractivity contribution in [3.05, 3.63) is 64.4 Å². The van der Waals surface area contributed by atoms with Crippen LogP contribution in [0, 0.1) is 6.92 Å². The van der Waals surface area contributed by atoms with Gasteiger partial charge in [0.05, 0.1) is 0 Å². The molecule has 3 nitrogen and oxygen atoms in total. The SMILES string of the molecule is C=C(C)/C(=C\NCC(C)F)CC(C=NC)=C(N)c1ccc(C)cc1C(C)C. The summed E-state index contributed by atoms with van der Waals surface area (Å²) in [6, 6.07) is 6.35. The molecule has 1 atom stereocenters. The van der Waals surface area contributed by atoms with Crippen molar-refractivity contribution in [1.29, 1.82) is 0 Å². The molecule has 0 aromatic heterocycles. The van der Waals surface area contributed by atoms with E-state index in [1.165, 1.54) is 18.1 Å². The van der Waals surface area contributed by atoms with E-state index in [0.717, 1.165) is 28.0 Å². The van der Waals surface area contributed by atoms with Gasteiger partial charge in [-0.15, -0.1) is 0 Å². The van der Waals surface area contributed by atoms with Crippen LogP contribution < -0.4 is 11.1 Å². The van der Waals surface area contributed by atoms with E-state index in [4.69, 9.17) is 5.73 Å². The normalized spacial score (nSPS) is 14.4. The van der Waals surface area contributed by atoms with Crippen LogP contribution in [-0.4, -0.2) is 26.0 Å². The molecule has 0 heterocycles. The Balaban J connectivity index is 3.35. The maximum Gasteiger partial charge on any atom is 0.114 e. The molecule has 0 aliphatic heterocycles. The van der Waals surface area contributed by atoms with E-state index in [1.807, 2.05) is 13.1 Å². The topological polar surface area (TPSA) is 50.4 Å². The fourth-order valence-corrected chi connectivity index (χ4v) is 2.82. The van der Waals surface area contributed by atoms with Crippen molar-refractivity contribution in [3.8, 4) is 0 Å². The van der Waals surface area contributed by atoms with Crippen LogP contribution in [0.15, 0.2) is 52.7 Å². The minimum atomic E-state index is -0.911. The summed E-state index contributed by atoms with van der Waals surface area (Å²) in [5.41, 5.74) is 13.6. The van der Waals surface area contributed by atoms with Crippen molar-refractivity contribution in [2.75, 3.05) is 13.6 Å². The number of benzene rings is 1. The molecule has 0 aliphatic rings. The van der Waals surface area contributed by atoms with Gasteiger partial charge in [-0.2, -0.15) is 0 Å². The molecule has 0 radical (unpaired) electrons. The van der Waals surface area contributed by atoms with Gasteiger partial charge in [0.25, 0.3) is 0 Å². The lowest BCUT2D eigenvalue weighted by molar-refractivity contribution is 0.356. The Morgan fingerprint density at radius 1 is 1.33 bits per heavy atom. The van der Waals surface area contributed by atoms with Crippen LogP contribution in [0.2, 0.25) is 0 Å². The number of nitrogens with one attached hydrogen (secondary N) is 1. The minimum absolute atomic E-state index is 0.267. The van der Waals surface area contributed by atoms with Crippen molar-refractivity contribution in [2.45, 2.75) is 53.1 Å². The summed E-state index contributed by atoms with van der Waals surface area (Å²) in [6.45, 7) is 14.2. The molecule has 148 valence electrons. The maximum absolute atomic E-state index is 13.1. The molecule has 1 aromatic rings. The zero-order valence-electron chi connectivity index (χ0n) is 17.6. The monoisotopic (exact) mass is 371 g/mol. The van der Waals surface area contributed by atoms with Gasteiger partial charge in [0, 0.05) is 43.7 Å². The van der Waals surface area contributed by atoms with E-state index in [2.05, 4.69) is 55.9 Å². The highest BCUT2D eigenvalue weighted by Gasteiger charge is 2.14. The van der Waals surface area contributed by atoms with E-state index < -0.39 is 6.17 Å². The van der Waals surface area contributed by atoms with E-state index in [1.54, 1.807) is 13.3 Å². The number of aliphatic imine (C=N–C) groups is 1. The average Bonchev–Trinajstić information content (AvgIpc) is 2.58. The van der Waals surface area contributed by atoms with Gasteiger partial charge < -0.3 is 11.1 Å². The van der Waals surface area contributed by atoms with Gasteiger partial charge in [0.1, 0.15) is 6.17 Å². The summed E-state index contributed by atoms with van der Waals surface area (Å²) >= 11 is 0. The van der Waals surface area contributed by atoms with Crippen molar-refractivity contribution in [3.63, 3.8) is 0 Å². The van der Waals surface area contributed by atoms with Gasteiger partial charge >= 0.3 is 0 Å². The third-order valence-electron chi connectivity index (χ3n) is 4.35. The molecule has 27 heavy (non-hydrogen) atoms. The first-order valence-corrected chi connectivity index (χ1v) is 9.41. The molecule has 0 spiro atoms. The number of aryl methyl sites for hydroxylation is 1. The highest BCUT2D eigenvalue weighted by Crippen LogP contribution is 2.28. The number of allylic oxidation sites excluding steroid dienone is 3. The number of nitrogens with two attached hydrogens (primary N) is 1. The lowest BCUT2D eigenvalue weighted by Crippen LogP contribution is -2.17. The smallest absolute Gasteiger partial charge is 0.114 e. The summed E-state index contributed by atoms with van der Waals surface area (Å²) in [4.78, 5) is 4.20. The molecule has 0 fully saturated rings. The Morgan fingerprint density at radius 3 is 2.52 bits per heavy atom. The second kappa shape index (κ2) is 10.7. The van der Waals surface area contributed by atoms with Crippen LogP contribution in [0.1, 0.15) is 56.7 Å². The number of rotatable bonds is 9. The first-order chi connectivity index (χ1) is 12.7. The lowest BCUT2D eigenvalue weighted by Gasteiger charge is -2.17.